The van der Waals surface area contributed by atoms with E-state index in [9.17, 15) is 4.79 Å². The van der Waals surface area contributed by atoms with Gasteiger partial charge in [0.05, 0.1) is 11.3 Å². The Labute approximate surface area is 114 Å². The van der Waals surface area contributed by atoms with E-state index in [1.54, 1.807) is 11.5 Å². The highest BCUT2D eigenvalue weighted by molar-refractivity contribution is 7.03. The van der Waals surface area contributed by atoms with Gasteiger partial charge in [0.15, 0.2) is 5.78 Å². The van der Waals surface area contributed by atoms with E-state index in [4.69, 9.17) is 4.74 Å². The topological polar surface area (TPSA) is 52.1 Å². The van der Waals surface area contributed by atoms with Crippen molar-refractivity contribution in [3.05, 3.63) is 45.5 Å². The van der Waals surface area contributed by atoms with Crippen LogP contribution in [0.1, 0.15) is 27.2 Å². The fourth-order valence-corrected chi connectivity index (χ4v) is 2.65. The number of hydrogen-bond acceptors (Lipinski definition) is 5. The summed E-state index contributed by atoms with van der Waals surface area (Å²) in [5.41, 5.74) is 4.02. The van der Waals surface area contributed by atoms with E-state index in [1.807, 2.05) is 26.0 Å². The van der Waals surface area contributed by atoms with Crippen LogP contribution in [-0.4, -0.2) is 22.0 Å². The second-order valence-electron chi connectivity index (χ2n) is 4.57. The summed E-state index contributed by atoms with van der Waals surface area (Å²) < 4.78 is 9.46. The molecule has 0 bridgehead atoms. The third-order valence-corrected chi connectivity index (χ3v) is 3.57. The normalized spacial score (nSPS) is 16.3. The smallest absolute Gasteiger partial charge is 0.196 e. The molecule has 0 atom stereocenters. The lowest BCUT2D eigenvalue weighted by atomic mass is 9.94. The molecule has 3 rings (SSSR count). The van der Waals surface area contributed by atoms with Gasteiger partial charge in [-0.2, -0.15) is 0 Å². The minimum absolute atomic E-state index is 0.0201. The molecule has 1 aliphatic heterocycles. The van der Waals surface area contributed by atoms with Gasteiger partial charge in [-0.05, 0) is 48.6 Å². The van der Waals surface area contributed by atoms with Crippen molar-refractivity contribution in [3.63, 3.8) is 0 Å². The first-order valence-corrected chi connectivity index (χ1v) is 6.75. The summed E-state index contributed by atoms with van der Waals surface area (Å²) in [5, 5.41) is 5.73. The summed E-state index contributed by atoms with van der Waals surface area (Å²) >= 11 is 1.26. The Hall–Kier alpha value is -2.01. The molecule has 0 fully saturated rings. The molecular weight excluding hydrogens is 260 g/mol. The Morgan fingerprint density at radius 1 is 1.37 bits per heavy atom. The molecule has 4 nitrogen and oxygen atoms in total. The summed E-state index contributed by atoms with van der Waals surface area (Å²) in [6.45, 7) is 4.21. The first kappa shape index (κ1) is 12.0. The van der Waals surface area contributed by atoms with Crippen LogP contribution in [0.25, 0.3) is 6.08 Å². The van der Waals surface area contributed by atoms with Crippen LogP contribution in [0.4, 0.5) is 0 Å². The lowest BCUT2D eigenvalue weighted by molar-refractivity contribution is 0.1000. The third kappa shape index (κ3) is 2.17. The van der Waals surface area contributed by atoms with Crippen LogP contribution >= 0.6 is 11.5 Å². The summed E-state index contributed by atoms with van der Waals surface area (Å²) in [4.78, 5) is 12.5. The highest BCUT2D eigenvalue weighted by Gasteiger charge is 2.25. The van der Waals surface area contributed by atoms with Crippen molar-refractivity contribution in [2.24, 2.45) is 0 Å². The standard InChI is InChI=1S/C14H12N2O2S/c1-8-3-9(2)13-12(4-8)18-6-10(14(13)17)5-11-7-19-16-15-11/h3-5,7H,6H2,1-2H3. The molecule has 0 unspecified atom stereocenters. The molecule has 2 aromatic rings. The molecule has 0 spiro atoms. The van der Waals surface area contributed by atoms with Gasteiger partial charge < -0.3 is 4.74 Å². The Morgan fingerprint density at radius 3 is 2.95 bits per heavy atom. The van der Waals surface area contributed by atoms with Gasteiger partial charge in [-0.15, -0.1) is 5.10 Å². The molecule has 0 saturated carbocycles. The lowest BCUT2D eigenvalue weighted by Crippen LogP contribution is -2.20. The number of hydrogen-bond donors (Lipinski definition) is 0. The molecule has 19 heavy (non-hydrogen) atoms. The number of fused-ring (bicyclic) bond motifs is 1. The Morgan fingerprint density at radius 2 is 2.21 bits per heavy atom. The van der Waals surface area contributed by atoms with Crippen LogP contribution in [0, 0.1) is 13.8 Å². The number of aromatic nitrogens is 2. The second-order valence-corrected chi connectivity index (χ2v) is 5.18. The average molecular weight is 272 g/mol. The van der Waals surface area contributed by atoms with Crippen LogP contribution in [0.2, 0.25) is 0 Å². The maximum atomic E-state index is 12.5. The number of carbonyl (C=O) groups is 1. The SMILES string of the molecule is Cc1cc(C)c2c(c1)OCC(=Cc1csnn1)C2=O. The van der Waals surface area contributed by atoms with E-state index < -0.39 is 0 Å². The zero-order valence-electron chi connectivity index (χ0n) is 10.6. The monoisotopic (exact) mass is 272 g/mol. The van der Waals surface area contributed by atoms with E-state index in [-0.39, 0.29) is 12.4 Å². The quantitative estimate of drug-likeness (QED) is 0.749. The van der Waals surface area contributed by atoms with Gasteiger partial charge in [0.2, 0.25) is 0 Å². The predicted octanol–water partition coefficient (Wildman–Crippen LogP) is 2.81. The molecule has 96 valence electrons. The predicted molar refractivity (Wildman–Crippen MR) is 73.6 cm³/mol. The number of nitrogens with zero attached hydrogens (tertiary/aromatic N) is 2. The van der Waals surface area contributed by atoms with Gasteiger partial charge in [-0.1, -0.05) is 10.6 Å². The van der Waals surface area contributed by atoms with Crippen LogP contribution < -0.4 is 4.74 Å². The molecule has 0 N–H and O–H groups in total. The molecule has 1 aromatic heterocycles. The number of benzene rings is 1. The van der Waals surface area contributed by atoms with Crippen molar-refractivity contribution in [1.29, 1.82) is 0 Å². The molecular formula is C14H12N2O2S. The maximum Gasteiger partial charge on any atom is 0.196 e. The molecule has 1 aromatic carbocycles. The van der Waals surface area contributed by atoms with E-state index in [0.717, 1.165) is 11.1 Å². The molecule has 0 saturated heterocycles. The second kappa shape index (κ2) is 4.59. The number of Topliss-reactive ketones (excluding diaryl/α,β-unsaturated/α-hetero) is 1. The molecule has 0 aliphatic carbocycles. The minimum atomic E-state index is 0.0201. The van der Waals surface area contributed by atoms with Crippen LogP contribution in [-0.2, 0) is 0 Å². The number of aryl methyl sites for hydroxylation is 2. The average Bonchev–Trinajstić information content (AvgIpc) is 2.85. The first-order chi connectivity index (χ1) is 9.15. The Kier molecular flexibility index (Phi) is 2.91. The Balaban J connectivity index is 2.05. The van der Waals surface area contributed by atoms with Gasteiger partial charge in [0, 0.05) is 11.0 Å². The highest BCUT2D eigenvalue weighted by atomic mass is 32.1. The van der Waals surface area contributed by atoms with Gasteiger partial charge >= 0.3 is 0 Å². The molecule has 2 heterocycles. The van der Waals surface area contributed by atoms with Crippen molar-refractivity contribution in [1.82, 2.24) is 9.59 Å². The summed E-state index contributed by atoms with van der Waals surface area (Å²) in [6.07, 6.45) is 1.74. The van der Waals surface area contributed by atoms with Crippen molar-refractivity contribution in [2.45, 2.75) is 13.8 Å². The number of ketones is 1. The number of rotatable bonds is 1. The van der Waals surface area contributed by atoms with Gasteiger partial charge in [0.25, 0.3) is 0 Å². The zero-order valence-corrected chi connectivity index (χ0v) is 11.5. The first-order valence-electron chi connectivity index (χ1n) is 5.91. The minimum Gasteiger partial charge on any atom is -0.488 e. The van der Waals surface area contributed by atoms with E-state index >= 15 is 0 Å². The van der Waals surface area contributed by atoms with Crippen molar-refractivity contribution >= 4 is 23.4 Å². The Bertz CT molecular complexity index is 675. The van der Waals surface area contributed by atoms with E-state index in [0.29, 0.717) is 22.6 Å². The summed E-state index contributed by atoms with van der Waals surface area (Å²) in [7, 11) is 0. The zero-order chi connectivity index (χ0) is 13.4. The largest absolute Gasteiger partial charge is 0.488 e. The number of ether oxygens (including phenoxy) is 1. The lowest BCUT2D eigenvalue weighted by Gasteiger charge is -2.21. The molecule has 5 heteroatoms. The van der Waals surface area contributed by atoms with Crippen LogP contribution in [0.5, 0.6) is 5.75 Å². The van der Waals surface area contributed by atoms with Crippen molar-refractivity contribution < 1.29 is 9.53 Å². The van der Waals surface area contributed by atoms with Gasteiger partial charge in [-0.25, -0.2) is 0 Å². The molecule has 1 aliphatic rings. The van der Waals surface area contributed by atoms with Crippen molar-refractivity contribution in [2.75, 3.05) is 6.61 Å². The molecule has 0 radical (unpaired) electrons. The fraction of sp³-hybridized carbons (Fsp3) is 0.214. The highest BCUT2D eigenvalue weighted by Crippen LogP contribution is 2.31. The maximum absolute atomic E-state index is 12.5. The fourth-order valence-electron chi connectivity index (χ4n) is 2.24. The summed E-state index contributed by atoms with van der Waals surface area (Å²) in [5.74, 6) is 0.697. The van der Waals surface area contributed by atoms with E-state index in [1.165, 1.54) is 11.5 Å². The molecule has 0 amide bonds. The summed E-state index contributed by atoms with van der Waals surface area (Å²) in [6, 6.07) is 3.90. The van der Waals surface area contributed by atoms with Gasteiger partial charge in [0.1, 0.15) is 12.4 Å². The van der Waals surface area contributed by atoms with Crippen LogP contribution in [0.15, 0.2) is 23.1 Å². The van der Waals surface area contributed by atoms with Crippen molar-refractivity contribution in [3.8, 4) is 5.75 Å². The van der Waals surface area contributed by atoms with E-state index in [2.05, 4.69) is 9.59 Å². The van der Waals surface area contributed by atoms with Crippen LogP contribution in [0.3, 0.4) is 0 Å². The third-order valence-electron chi connectivity index (χ3n) is 3.04. The van der Waals surface area contributed by atoms with Gasteiger partial charge in [-0.3, -0.25) is 4.79 Å². The number of carbonyl (C=O) groups excluding carboxylic acids is 1.